The minimum absolute atomic E-state index is 0.224. The SMILES string of the molecule is Cc1cc2ccnn2cc1Oc1cccc(NC(=O)c2ccccc2Cl)c1.Cc1cc2ncnn2cc1Nc1cccc(NC(=O)c2c(F)cccc2F)c1.Cc1cc2ncnn2cc1Oc1cccc(NC(=O)c2ccccc2Cl)c1.Cc1cn2ccnc2cc1Sc1cccc(NC(=O)c2ccccc2Cl)c1.Cc1cn2nccc2cc1N(C)c1cccc(NC(=O)c2ccccc2Cl)c1. The van der Waals surface area contributed by atoms with E-state index in [1.54, 1.807) is 202 Å². The highest BCUT2D eigenvalue weighted by molar-refractivity contribution is 7.99. The predicted molar refractivity (Wildman–Crippen MR) is 535 cm³/mol. The summed E-state index contributed by atoms with van der Waals surface area (Å²) in [6, 6.07) is 81.7. The van der Waals surface area contributed by atoms with Gasteiger partial charge in [0.1, 0.15) is 58.5 Å². The van der Waals surface area contributed by atoms with Crippen molar-refractivity contribution in [3.05, 3.63) is 435 Å². The lowest BCUT2D eigenvalue weighted by Crippen LogP contribution is -2.15. The van der Waals surface area contributed by atoms with Crippen molar-refractivity contribution >= 4 is 167 Å². The van der Waals surface area contributed by atoms with Gasteiger partial charge in [0.25, 0.3) is 29.5 Å². The summed E-state index contributed by atoms with van der Waals surface area (Å²) in [6.07, 6.45) is 19.7. The van der Waals surface area contributed by atoms with Crippen LogP contribution < -0.4 is 46.3 Å². The number of fused-ring (bicyclic) bond motifs is 5. The second-order valence-electron chi connectivity index (χ2n) is 30.9. The van der Waals surface area contributed by atoms with Crippen LogP contribution in [0.4, 0.5) is 60.0 Å². The first kappa shape index (κ1) is 93.7. The lowest BCUT2D eigenvalue weighted by Gasteiger charge is -2.22. The van der Waals surface area contributed by atoms with Crippen molar-refractivity contribution in [3.8, 4) is 23.0 Å². The third-order valence-electron chi connectivity index (χ3n) is 21.2. The van der Waals surface area contributed by atoms with Crippen LogP contribution in [0.2, 0.25) is 20.1 Å². The van der Waals surface area contributed by atoms with Gasteiger partial charge >= 0.3 is 0 Å². The van der Waals surface area contributed by atoms with Gasteiger partial charge in [-0.25, -0.2) is 41.8 Å². The molecule has 6 N–H and O–H groups in total. The van der Waals surface area contributed by atoms with Crippen LogP contribution in [0.25, 0.3) is 28.0 Å². The van der Waals surface area contributed by atoms with E-state index in [4.69, 9.17) is 55.9 Å². The highest BCUT2D eigenvalue weighted by atomic mass is 35.5. The highest BCUT2D eigenvalue weighted by Crippen LogP contribution is 2.37. The molecule has 0 unspecified atom stereocenters. The van der Waals surface area contributed by atoms with Crippen LogP contribution in [0.1, 0.15) is 79.6 Å². The summed E-state index contributed by atoms with van der Waals surface area (Å²) < 4.78 is 48.4. The molecule has 682 valence electrons. The molecular formula is C104H81Cl4F2N19O7S. The molecule has 0 aliphatic heterocycles. The number of aryl methyl sites for hydroxylation is 5. The summed E-state index contributed by atoms with van der Waals surface area (Å²) in [5.74, 6) is -1.13. The minimum Gasteiger partial charge on any atom is -0.455 e. The number of carbonyl (C=O) groups is 5. The maximum atomic E-state index is 13.8. The first-order chi connectivity index (χ1) is 66.3. The average molecular weight is 1920 g/mol. The average Bonchev–Trinajstić information content (AvgIpc) is 1.80. The van der Waals surface area contributed by atoms with Crippen molar-refractivity contribution in [3.63, 3.8) is 0 Å². The van der Waals surface area contributed by atoms with Gasteiger partial charge in [-0.05, 0) is 244 Å². The van der Waals surface area contributed by atoms with Crippen LogP contribution in [0.15, 0.2) is 357 Å². The van der Waals surface area contributed by atoms with E-state index in [1.165, 1.54) is 18.7 Å². The van der Waals surface area contributed by atoms with E-state index in [1.807, 2.05) is 158 Å². The third kappa shape index (κ3) is 23.4. The number of hydrogen-bond acceptors (Lipinski definition) is 17. The van der Waals surface area contributed by atoms with Crippen LogP contribution in [0, 0.1) is 46.3 Å². The number of halogens is 6. The fourth-order valence-corrected chi connectivity index (χ4v) is 16.1. The van der Waals surface area contributed by atoms with Crippen LogP contribution in [0.5, 0.6) is 23.0 Å². The lowest BCUT2D eigenvalue weighted by atomic mass is 10.1. The largest absolute Gasteiger partial charge is 0.455 e. The summed E-state index contributed by atoms with van der Waals surface area (Å²) in [5.41, 5.74) is 17.3. The Bertz CT molecular complexity index is 7460. The van der Waals surface area contributed by atoms with Crippen molar-refractivity contribution in [2.45, 2.75) is 44.4 Å². The smallest absolute Gasteiger partial charge is 0.261 e. The molecule has 0 saturated carbocycles. The van der Waals surface area contributed by atoms with Crippen molar-refractivity contribution < 1.29 is 42.2 Å². The second-order valence-corrected chi connectivity index (χ2v) is 33.6. The molecule has 0 saturated heterocycles. The lowest BCUT2D eigenvalue weighted by molar-refractivity contribution is 0.101. The van der Waals surface area contributed by atoms with Gasteiger partial charge in [-0.1, -0.05) is 143 Å². The quantitative estimate of drug-likeness (QED) is 0.0413. The fourth-order valence-electron chi connectivity index (χ4n) is 14.2. The zero-order valence-electron chi connectivity index (χ0n) is 73.8. The molecule has 20 rings (SSSR count). The van der Waals surface area contributed by atoms with E-state index >= 15 is 0 Å². The first-order valence-electron chi connectivity index (χ1n) is 42.3. The molecule has 10 aromatic carbocycles. The molecule has 0 spiro atoms. The van der Waals surface area contributed by atoms with E-state index in [2.05, 4.69) is 104 Å². The van der Waals surface area contributed by atoms with Gasteiger partial charge < -0.3 is 50.7 Å². The Balaban J connectivity index is 0.000000124. The Kier molecular flexibility index (Phi) is 29.4. The number of rotatable bonds is 20. The van der Waals surface area contributed by atoms with Crippen LogP contribution in [0.3, 0.4) is 0 Å². The molecule has 26 nitrogen and oxygen atoms in total. The fraction of sp³-hybridized carbons (Fsp3) is 0.0577. The van der Waals surface area contributed by atoms with Gasteiger partial charge in [0.05, 0.1) is 77.7 Å². The molecule has 0 radical (unpaired) electrons. The number of anilines is 9. The molecule has 0 fully saturated rings. The Morgan fingerprint density at radius 3 is 1.35 bits per heavy atom. The number of nitrogens with zero attached hydrogens (tertiary/aromatic N) is 13. The van der Waals surface area contributed by atoms with E-state index in [-0.39, 0.29) is 23.6 Å². The van der Waals surface area contributed by atoms with Crippen molar-refractivity contribution in [2.75, 3.05) is 43.8 Å². The maximum absolute atomic E-state index is 13.8. The van der Waals surface area contributed by atoms with E-state index in [0.29, 0.717) is 93.8 Å². The summed E-state index contributed by atoms with van der Waals surface area (Å²) in [4.78, 5) is 79.0. The van der Waals surface area contributed by atoms with Crippen LogP contribution >= 0.6 is 58.2 Å². The Hall–Kier alpha value is -16.6. The van der Waals surface area contributed by atoms with Gasteiger partial charge in [0.15, 0.2) is 11.3 Å². The van der Waals surface area contributed by atoms with Gasteiger partial charge in [0, 0.05) is 112 Å². The number of hydrogen-bond donors (Lipinski definition) is 6. The summed E-state index contributed by atoms with van der Waals surface area (Å²) in [5, 5.41) is 35.7. The monoisotopic (exact) mass is 1920 g/mol. The molecule has 0 bridgehead atoms. The van der Waals surface area contributed by atoms with Crippen molar-refractivity contribution in [1.82, 2.24) is 57.8 Å². The molecule has 137 heavy (non-hydrogen) atoms. The molecule has 0 aliphatic carbocycles. The maximum Gasteiger partial charge on any atom is 0.261 e. The van der Waals surface area contributed by atoms with Crippen molar-refractivity contribution in [2.24, 2.45) is 0 Å². The van der Waals surface area contributed by atoms with E-state index in [9.17, 15) is 32.8 Å². The summed E-state index contributed by atoms with van der Waals surface area (Å²) in [7, 11) is 2.00. The number of carbonyl (C=O) groups excluding carboxylic acids is 5. The number of benzene rings is 10. The second kappa shape index (κ2) is 43.0. The molecule has 5 amide bonds. The molecule has 20 aromatic rings. The van der Waals surface area contributed by atoms with Crippen molar-refractivity contribution in [1.29, 1.82) is 0 Å². The number of imidazole rings is 1. The zero-order valence-corrected chi connectivity index (χ0v) is 77.6. The number of nitrogens with one attached hydrogen (secondary N) is 6. The molecule has 10 heterocycles. The van der Waals surface area contributed by atoms with Gasteiger partial charge in [0.2, 0.25) is 0 Å². The minimum atomic E-state index is -0.913. The summed E-state index contributed by atoms with van der Waals surface area (Å²) in [6.45, 7) is 9.97. The number of ether oxygens (including phenoxy) is 2. The molecular weight excluding hydrogens is 1840 g/mol. The normalized spacial score (nSPS) is 10.8. The Labute approximate surface area is 807 Å². The summed E-state index contributed by atoms with van der Waals surface area (Å²) >= 11 is 26.0. The number of aromatic nitrogens is 12. The molecule has 33 heteroatoms. The van der Waals surface area contributed by atoms with E-state index in [0.717, 1.165) is 100 Å². The highest BCUT2D eigenvalue weighted by Gasteiger charge is 2.21. The first-order valence-corrected chi connectivity index (χ1v) is 44.6. The molecule has 0 atom stereocenters. The topological polar surface area (TPSA) is 292 Å². The van der Waals surface area contributed by atoms with E-state index < -0.39 is 23.1 Å². The van der Waals surface area contributed by atoms with Gasteiger partial charge in [-0.15, -0.1) is 0 Å². The van der Waals surface area contributed by atoms with Crippen LogP contribution in [-0.4, -0.2) is 94.4 Å². The molecule has 0 aliphatic rings. The number of amides is 5. The standard InChI is InChI=1S/C22H19ClN4O.C21H16ClN3O2.C21H16ClN3OS.C20H15ClN4O2.C20H15F2N5O/c1-15-14-27-18(10-11-24-27)13-21(15)26(2)17-7-5-6-16(12-17)25-22(28)19-8-3-4-9-20(19)23;1-14-11-16-9-10-23-25(16)13-20(14)27-17-6-4-5-15(12-17)24-21(26)18-7-2-3-8-19(18)22;1-14-13-25-10-9-23-20(25)12-19(14)27-16-6-4-5-15(11-16)24-21(26)17-7-2-3-8-18(17)22;1-13-9-19-22-12-23-25(19)11-18(13)27-15-6-4-5-14(10-15)24-20(26)16-7-2-3-8-17(16)21;1-12-8-18-23-11-24-27(18)10-17(12)25-13-4-2-5-14(9-13)26-20(28)19-15(21)6-3-7-16(19)22/h3-14H,1-2H3,(H,25,28);2*2-13H,1H3,(H,24,26);2-12H,1H3,(H,24,26);2-11,25H,1H3,(H,26,28). The Morgan fingerprint density at radius 2 is 0.803 bits per heavy atom. The number of pyridine rings is 5. The predicted octanol–water partition coefficient (Wildman–Crippen LogP) is 25.4. The Morgan fingerprint density at radius 1 is 0.365 bits per heavy atom. The zero-order chi connectivity index (χ0) is 95.8. The third-order valence-corrected chi connectivity index (χ3v) is 23.6. The van der Waals surface area contributed by atoms with Crippen LogP contribution in [-0.2, 0) is 0 Å². The van der Waals surface area contributed by atoms with Gasteiger partial charge in [-0.3, -0.25) is 24.0 Å². The van der Waals surface area contributed by atoms with Gasteiger partial charge in [-0.2, -0.15) is 20.4 Å². The molecule has 10 aromatic heterocycles.